The fourth-order valence-electron chi connectivity index (χ4n) is 1.59. The van der Waals surface area contributed by atoms with Crippen LogP contribution < -0.4 is 4.74 Å². The van der Waals surface area contributed by atoms with E-state index in [1.807, 2.05) is 0 Å². The molecular formula is C13H20O7. The third-order valence-electron chi connectivity index (χ3n) is 2.79. The van der Waals surface area contributed by atoms with Crippen LogP contribution in [0, 0.1) is 0 Å². The Bertz CT molecular complexity index is 372. The fraction of sp³-hybridized carbons (Fsp3) is 0.538. The molecule has 20 heavy (non-hydrogen) atoms. The normalized spacial score (nSPS) is 18.9. The minimum absolute atomic E-state index is 0.405. The summed E-state index contributed by atoms with van der Waals surface area (Å²) >= 11 is 0. The molecule has 1 aromatic carbocycles. The molecule has 0 aliphatic heterocycles. The lowest BCUT2D eigenvalue weighted by molar-refractivity contribution is -0.191. The van der Waals surface area contributed by atoms with Crippen LogP contribution in [0.2, 0.25) is 0 Å². The van der Waals surface area contributed by atoms with Gasteiger partial charge in [0.1, 0.15) is 30.2 Å². The molecule has 5 N–H and O–H groups in total. The van der Waals surface area contributed by atoms with Crippen LogP contribution in [0.25, 0.3) is 0 Å². The Morgan fingerprint density at radius 2 is 1.55 bits per heavy atom. The van der Waals surface area contributed by atoms with Crippen LogP contribution in [0.1, 0.15) is 0 Å². The van der Waals surface area contributed by atoms with Crippen molar-refractivity contribution in [3.05, 3.63) is 30.3 Å². The largest absolute Gasteiger partial charge is 0.462 e. The molecule has 0 spiro atoms. The van der Waals surface area contributed by atoms with E-state index in [-0.39, 0.29) is 0 Å². The molecule has 0 aliphatic carbocycles. The summed E-state index contributed by atoms with van der Waals surface area (Å²) in [6.45, 7) is -0.748. The molecule has 1 aromatic rings. The molecule has 0 saturated carbocycles. The van der Waals surface area contributed by atoms with Crippen LogP contribution in [0.3, 0.4) is 0 Å². The smallest absolute Gasteiger partial charge is 0.228 e. The first-order chi connectivity index (χ1) is 9.51. The topological polar surface area (TPSA) is 120 Å². The lowest BCUT2D eigenvalue weighted by Gasteiger charge is -2.30. The van der Waals surface area contributed by atoms with E-state index in [0.717, 1.165) is 0 Å². The van der Waals surface area contributed by atoms with Crippen molar-refractivity contribution in [2.75, 3.05) is 13.7 Å². The van der Waals surface area contributed by atoms with E-state index >= 15 is 0 Å². The molecule has 7 nitrogen and oxygen atoms in total. The predicted octanol–water partition coefficient (Wildman–Crippen LogP) is -1.53. The highest BCUT2D eigenvalue weighted by atomic mass is 16.7. The van der Waals surface area contributed by atoms with Gasteiger partial charge in [-0.1, -0.05) is 18.2 Å². The lowest BCUT2D eigenvalue weighted by Crippen LogP contribution is -2.51. The van der Waals surface area contributed by atoms with Crippen molar-refractivity contribution in [2.24, 2.45) is 0 Å². The average molecular weight is 288 g/mol. The summed E-state index contributed by atoms with van der Waals surface area (Å²) in [7, 11) is 1.26. The number of hydrogen-bond acceptors (Lipinski definition) is 7. The Balaban J connectivity index is 2.69. The molecule has 0 heterocycles. The maximum Gasteiger partial charge on any atom is 0.228 e. The number of aliphatic hydroxyl groups excluding tert-OH is 5. The van der Waals surface area contributed by atoms with E-state index in [1.165, 1.54) is 7.11 Å². The first kappa shape index (κ1) is 16.8. The van der Waals surface area contributed by atoms with Gasteiger partial charge in [-0.15, -0.1) is 0 Å². The second-order valence-corrected chi connectivity index (χ2v) is 4.26. The molecule has 7 heteroatoms. The molecule has 0 aromatic heterocycles. The molecule has 0 bridgehead atoms. The van der Waals surface area contributed by atoms with E-state index in [1.54, 1.807) is 30.3 Å². The maximum absolute atomic E-state index is 9.90. The number of hydrogen-bond donors (Lipinski definition) is 5. The van der Waals surface area contributed by atoms with Crippen LogP contribution >= 0.6 is 0 Å². The summed E-state index contributed by atoms with van der Waals surface area (Å²) in [5, 5.41) is 47.1. The van der Waals surface area contributed by atoms with Crippen molar-refractivity contribution in [1.82, 2.24) is 0 Å². The Morgan fingerprint density at radius 3 is 2.05 bits per heavy atom. The number of methoxy groups -OCH3 is 1. The van der Waals surface area contributed by atoms with Gasteiger partial charge in [0.25, 0.3) is 0 Å². The molecule has 5 atom stereocenters. The quantitative estimate of drug-likeness (QED) is 0.368. The van der Waals surface area contributed by atoms with Crippen molar-refractivity contribution >= 4 is 0 Å². The number of rotatable bonds is 8. The Morgan fingerprint density at radius 1 is 0.950 bits per heavy atom. The van der Waals surface area contributed by atoms with Gasteiger partial charge in [-0.05, 0) is 12.1 Å². The summed E-state index contributed by atoms with van der Waals surface area (Å²) in [6.07, 6.45) is -7.91. The number of ether oxygens (including phenoxy) is 2. The number of benzene rings is 1. The van der Waals surface area contributed by atoms with Gasteiger partial charge >= 0.3 is 0 Å². The zero-order valence-corrected chi connectivity index (χ0v) is 11.0. The highest BCUT2D eigenvalue weighted by Gasteiger charge is 2.36. The zero-order chi connectivity index (χ0) is 15.1. The Labute approximate surface area is 116 Å². The van der Waals surface area contributed by atoms with Crippen molar-refractivity contribution in [3.8, 4) is 5.75 Å². The molecule has 0 aliphatic rings. The van der Waals surface area contributed by atoms with E-state index < -0.39 is 37.3 Å². The van der Waals surface area contributed by atoms with Gasteiger partial charge in [0, 0.05) is 7.11 Å². The maximum atomic E-state index is 9.90. The van der Waals surface area contributed by atoms with E-state index in [9.17, 15) is 20.4 Å². The monoisotopic (exact) mass is 288 g/mol. The first-order valence-corrected chi connectivity index (χ1v) is 6.09. The van der Waals surface area contributed by atoms with Crippen LogP contribution in [0.4, 0.5) is 0 Å². The predicted molar refractivity (Wildman–Crippen MR) is 69.0 cm³/mol. The van der Waals surface area contributed by atoms with Gasteiger partial charge in [-0.3, -0.25) is 0 Å². The minimum atomic E-state index is -1.74. The van der Waals surface area contributed by atoms with E-state index in [0.29, 0.717) is 5.75 Å². The summed E-state index contributed by atoms with van der Waals surface area (Å²) < 4.78 is 10.2. The molecule has 0 radical (unpaired) electrons. The van der Waals surface area contributed by atoms with Crippen LogP contribution in [0.5, 0.6) is 5.75 Å². The van der Waals surface area contributed by atoms with Crippen molar-refractivity contribution in [3.63, 3.8) is 0 Å². The molecule has 1 rings (SSSR count). The molecule has 0 fully saturated rings. The van der Waals surface area contributed by atoms with Gasteiger partial charge in [0.15, 0.2) is 0 Å². The number of para-hydroxylation sites is 1. The van der Waals surface area contributed by atoms with Crippen molar-refractivity contribution in [2.45, 2.75) is 30.7 Å². The Kier molecular flexibility index (Phi) is 6.86. The summed E-state index contributed by atoms with van der Waals surface area (Å²) in [5.41, 5.74) is 0. The van der Waals surface area contributed by atoms with Crippen molar-refractivity contribution < 1.29 is 35.0 Å². The molecule has 5 unspecified atom stereocenters. The SMILES string of the molecule is COC(Oc1ccccc1)C(O)C(O)C(O)C(O)CO. The van der Waals surface area contributed by atoms with Gasteiger partial charge in [-0.2, -0.15) is 0 Å². The highest BCUT2D eigenvalue weighted by Crippen LogP contribution is 2.16. The van der Waals surface area contributed by atoms with Crippen LogP contribution in [-0.4, -0.2) is 70.0 Å². The molecular weight excluding hydrogens is 268 g/mol. The average Bonchev–Trinajstić information content (AvgIpc) is 2.50. The first-order valence-electron chi connectivity index (χ1n) is 6.09. The second-order valence-electron chi connectivity index (χ2n) is 4.26. The molecule has 114 valence electrons. The second kappa shape index (κ2) is 8.15. The highest BCUT2D eigenvalue weighted by molar-refractivity contribution is 5.21. The van der Waals surface area contributed by atoms with Crippen LogP contribution in [0.15, 0.2) is 30.3 Å². The number of aliphatic hydroxyl groups is 5. The third-order valence-corrected chi connectivity index (χ3v) is 2.79. The minimum Gasteiger partial charge on any atom is -0.462 e. The molecule has 0 saturated heterocycles. The lowest BCUT2D eigenvalue weighted by atomic mass is 10.0. The standard InChI is InChI=1S/C13H20O7/c1-19-13(20-8-5-3-2-4-6-8)12(18)11(17)10(16)9(15)7-14/h2-6,9-18H,7H2,1H3. The van der Waals surface area contributed by atoms with Crippen molar-refractivity contribution in [1.29, 1.82) is 0 Å². The van der Waals surface area contributed by atoms with E-state index in [2.05, 4.69) is 0 Å². The van der Waals surface area contributed by atoms with Gasteiger partial charge in [0.05, 0.1) is 6.61 Å². The summed E-state index contributed by atoms with van der Waals surface area (Å²) in [4.78, 5) is 0. The van der Waals surface area contributed by atoms with Gasteiger partial charge in [-0.25, -0.2) is 0 Å². The molecule has 0 amide bonds. The summed E-state index contributed by atoms with van der Waals surface area (Å²) in [6, 6.07) is 8.47. The third kappa shape index (κ3) is 4.41. The van der Waals surface area contributed by atoms with Crippen LogP contribution in [-0.2, 0) is 4.74 Å². The van der Waals surface area contributed by atoms with E-state index in [4.69, 9.17) is 14.6 Å². The fourth-order valence-corrected chi connectivity index (χ4v) is 1.59. The van der Waals surface area contributed by atoms with Gasteiger partial charge in [0.2, 0.25) is 6.29 Å². The Hall–Kier alpha value is -1.22. The van der Waals surface area contributed by atoms with Gasteiger partial charge < -0.3 is 35.0 Å². The zero-order valence-electron chi connectivity index (χ0n) is 11.0. The summed E-state index contributed by atoms with van der Waals surface area (Å²) in [5.74, 6) is 0.405.